The minimum absolute atomic E-state index is 0.0242. The molecule has 1 spiro atoms. The van der Waals surface area contributed by atoms with Crippen molar-refractivity contribution < 1.29 is 9.59 Å². The van der Waals surface area contributed by atoms with Gasteiger partial charge in [0.2, 0.25) is 11.8 Å². The normalized spacial score (nSPS) is 19.5. The van der Waals surface area contributed by atoms with E-state index in [9.17, 15) is 9.59 Å². The number of rotatable bonds is 4. The summed E-state index contributed by atoms with van der Waals surface area (Å²) in [5, 5.41) is 5.08. The summed E-state index contributed by atoms with van der Waals surface area (Å²) in [5.74, 6) is 0.287. The van der Waals surface area contributed by atoms with E-state index in [2.05, 4.69) is 4.98 Å². The number of likely N-dealkylation sites (tertiary alicyclic amines) is 2. The van der Waals surface area contributed by atoms with Crippen molar-refractivity contribution in [3.63, 3.8) is 0 Å². The Hall–Kier alpha value is -1.99. The third-order valence-corrected chi connectivity index (χ3v) is 7.15. The minimum Gasteiger partial charge on any atom is -0.339 e. The first-order chi connectivity index (χ1) is 13.0. The van der Waals surface area contributed by atoms with Gasteiger partial charge in [0.05, 0.1) is 17.2 Å². The van der Waals surface area contributed by atoms with Crippen LogP contribution in [-0.4, -0.2) is 46.2 Å². The van der Waals surface area contributed by atoms with Crippen molar-refractivity contribution in [3.8, 4) is 0 Å². The predicted octanol–water partition coefficient (Wildman–Crippen LogP) is 3.57. The molecule has 2 fully saturated rings. The summed E-state index contributed by atoms with van der Waals surface area (Å²) in [7, 11) is 0. The maximum absolute atomic E-state index is 12.5. The van der Waals surface area contributed by atoms with Gasteiger partial charge in [-0.2, -0.15) is 0 Å². The van der Waals surface area contributed by atoms with E-state index in [1.807, 2.05) is 45.7 Å². The Morgan fingerprint density at radius 1 is 1.33 bits per heavy atom. The number of hydrogen-bond acceptors (Lipinski definition) is 5. The second-order valence-electron chi connectivity index (χ2n) is 7.46. The summed E-state index contributed by atoms with van der Waals surface area (Å²) in [5.41, 5.74) is 1.00. The summed E-state index contributed by atoms with van der Waals surface area (Å²) in [6.45, 7) is 4.84. The second kappa shape index (κ2) is 7.56. The molecule has 0 unspecified atom stereocenters. The van der Waals surface area contributed by atoms with Gasteiger partial charge in [0.1, 0.15) is 0 Å². The summed E-state index contributed by atoms with van der Waals surface area (Å²) < 4.78 is 0. The molecule has 27 heavy (non-hydrogen) atoms. The van der Waals surface area contributed by atoms with Gasteiger partial charge in [0.25, 0.3) is 0 Å². The van der Waals surface area contributed by atoms with Gasteiger partial charge in [0.15, 0.2) is 0 Å². The van der Waals surface area contributed by atoms with E-state index >= 15 is 0 Å². The maximum atomic E-state index is 12.5. The highest BCUT2D eigenvalue weighted by Gasteiger charge is 2.45. The molecule has 7 heteroatoms. The molecule has 2 amide bonds. The van der Waals surface area contributed by atoms with Crippen molar-refractivity contribution >= 4 is 40.6 Å². The molecule has 2 aliphatic heterocycles. The first-order valence-corrected chi connectivity index (χ1v) is 11.0. The smallest absolute Gasteiger partial charge is 0.246 e. The molecule has 2 saturated heterocycles. The van der Waals surface area contributed by atoms with Gasteiger partial charge in [-0.1, -0.05) is 6.07 Å². The average Bonchev–Trinajstić information content (AvgIpc) is 3.37. The van der Waals surface area contributed by atoms with Gasteiger partial charge in [0, 0.05) is 47.8 Å². The van der Waals surface area contributed by atoms with Crippen LogP contribution >= 0.6 is 22.7 Å². The number of thiazole rings is 1. The molecule has 142 valence electrons. The maximum Gasteiger partial charge on any atom is 0.246 e. The molecule has 0 N–H and O–H groups in total. The lowest BCUT2D eigenvalue weighted by molar-refractivity contribution is -0.128. The fourth-order valence-electron chi connectivity index (χ4n) is 3.98. The average molecular weight is 402 g/mol. The van der Waals surface area contributed by atoms with Crippen LogP contribution in [0, 0.1) is 12.3 Å². The topological polar surface area (TPSA) is 53.5 Å². The molecule has 0 aromatic carbocycles. The van der Waals surface area contributed by atoms with Crippen LogP contribution in [0.5, 0.6) is 0 Å². The fourth-order valence-corrected chi connectivity index (χ4v) is 5.21. The molecule has 4 rings (SSSR count). The van der Waals surface area contributed by atoms with Gasteiger partial charge >= 0.3 is 0 Å². The molecular formula is C20H23N3O2S2. The monoisotopic (exact) mass is 401 g/mol. The molecule has 0 saturated carbocycles. The lowest BCUT2D eigenvalue weighted by Gasteiger charge is -2.38. The van der Waals surface area contributed by atoms with Crippen molar-refractivity contribution in [2.24, 2.45) is 5.41 Å². The van der Waals surface area contributed by atoms with Crippen molar-refractivity contribution in [2.45, 2.75) is 32.7 Å². The van der Waals surface area contributed by atoms with Crippen LogP contribution < -0.4 is 0 Å². The van der Waals surface area contributed by atoms with Crippen molar-refractivity contribution in [2.75, 3.05) is 19.6 Å². The molecule has 2 aromatic rings. The number of carbonyl (C=O) groups excluding carboxylic acids is 2. The SMILES string of the molecule is Cc1nc(CN2CC3(CCN(C(=O)/C=C/c4cccs4)CC3)CC2=O)cs1. The van der Waals surface area contributed by atoms with E-state index in [1.165, 1.54) is 0 Å². The van der Waals surface area contributed by atoms with Crippen LogP contribution in [-0.2, 0) is 16.1 Å². The van der Waals surface area contributed by atoms with E-state index < -0.39 is 0 Å². The number of carbonyl (C=O) groups is 2. The molecule has 4 heterocycles. The Labute approximate surface area is 167 Å². The quantitative estimate of drug-likeness (QED) is 0.736. The highest BCUT2D eigenvalue weighted by Crippen LogP contribution is 2.41. The highest BCUT2D eigenvalue weighted by atomic mass is 32.1. The van der Waals surface area contributed by atoms with Crippen LogP contribution in [0.15, 0.2) is 29.0 Å². The lowest BCUT2D eigenvalue weighted by Crippen LogP contribution is -2.43. The zero-order chi connectivity index (χ0) is 18.9. The molecule has 5 nitrogen and oxygen atoms in total. The summed E-state index contributed by atoms with van der Waals surface area (Å²) >= 11 is 3.25. The van der Waals surface area contributed by atoms with Gasteiger partial charge in [-0.05, 0) is 37.3 Å². The Kier molecular flexibility index (Phi) is 5.14. The standard InChI is InChI=1S/C20H23N3O2S2/c1-15-21-16(13-27-15)12-23-14-20(11-19(23)25)6-8-22(9-7-20)18(24)5-4-17-3-2-10-26-17/h2-5,10,13H,6-9,11-12,14H2,1H3/b5-4+. The second-order valence-corrected chi connectivity index (χ2v) is 9.50. The molecule has 0 radical (unpaired) electrons. The Morgan fingerprint density at radius 3 is 2.81 bits per heavy atom. The number of nitrogens with zero attached hydrogens (tertiary/aromatic N) is 3. The number of piperidine rings is 1. The summed E-state index contributed by atoms with van der Waals surface area (Å²) in [6, 6.07) is 3.98. The van der Waals surface area contributed by atoms with Gasteiger partial charge in [-0.25, -0.2) is 4.98 Å². The molecule has 0 aliphatic carbocycles. The summed E-state index contributed by atoms with van der Waals surface area (Å²) in [4.78, 5) is 34.4. The number of hydrogen-bond donors (Lipinski definition) is 0. The van der Waals surface area contributed by atoms with Crippen LogP contribution in [0.25, 0.3) is 6.08 Å². The molecule has 0 bridgehead atoms. The molecule has 2 aromatic heterocycles. The van der Waals surface area contributed by atoms with E-state index in [0.29, 0.717) is 13.0 Å². The lowest BCUT2D eigenvalue weighted by atomic mass is 9.77. The first kappa shape index (κ1) is 18.4. The van der Waals surface area contributed by atoms with Crippen LogP contribution in [0.3, 0.4) is 0 Å². The zero-order valence-corrected chi connectivity index (χ0v) is 17.0. The van der Waals surface area contributed by atoms with E-state index in [0.717, 1.165) is 48.1 Å². The Balaban J connectivity index is 1.33. The van der Waals surface area contributed by atoms with E-state index in [1.54, 1.807) is 28.7 Å². The number of thiophene rings is 1. The zero-order valence-electron chi connectivity index (χ0n) is 15.4. The van der Waals surface area contributed by atoms with E-state index in [4.69, 9.17) is 0 Å². The summed E-state index contributed by atoms with van der Waals surface area (Å²) in [6.07, 6.45) is 5.94. The van der Waals surface area contributed by atoms with Gasteiger partial charge in [-0.15, -0.1) is 22.7 Å². The Bertz CT molecular complexity index is 848. The first-order valence-electron chi connectivity index (χ1n) is 9.22. The van der Waals surface area contributed by atoms with Crippen LogP contribution in [0.4, 0.5) is 0 Å². The fraction of sp³-hybridized carbons (Fsp3) is 0.450. The molecule has 0 atom stereocenters. The minimum atomic E-state index is 0.0242. The number of aryl methyl sites for hydroxylation is 1. The number of aromatic nitrogens is 1. The van der Waals surface area contributed by atoms with Crippen LogP contribution in [0.1, 0.15) is 34.8 Å². The van der Waals surface area contributed by atoms with Gasteiger partial charge in [-0.3, -0.25) is 9.59 Å². The molecular weight excluding hydrogens is 378 g/mol. The third kappa shape index (κ3) is 4.14. The van der Waals surface area contributed by atoms with E-state index in [-0.39, 0.29) is 17.2 Å². The van der Waals surface area contributed by atoms with Crippen molar-refractivity contribution in [3.05, 3.63) is 44.5 Å². The highest BCUT2D eigenvalue weighted by molar-refractivity contribution is 7.10. The molecule has 2 aliphatic rings. The van der Waals surface area contributed by atoms with Crippen molar-refractivity contribution in [1.29, 1.82) is 0 Å². The van der Waals surface area contributed by atoms with Crippen LogP contribution in [0.2, 0.25) is 0 Å². The largest absolute Gasteiger partial charge is 0.339 e. The van der Waals surface area contributed by atoms with Gasteiger partial charge < -0.3 is 9.80 Å². The third-order valence-electron chi connectivity index (χ3n) is 5.49. The number of amides is 2. The Morgan fingerprint density at radius 2 is 2.15 bits per heavy atom. The predicted molar refractivity (Wildman–Crippen MR) is 108 cm³/mol. The van der Waals surface area contributed by atoms with Crippen molar-refractivity contribution in [1.82, 2.24) is 14.8 Å².